The number of oxazole rings is 1. The Morgan fingerprint density at radius 2 is 2.16 bits per heavy atom. The second kappa shape index (κ2) is 5.60. The highest BCUT2D eigenvalue weighted by atomic mass is 19.4. The number of amides is 1. The standard InChI is InChI=1S/C11H14F3N3O2/c12-11(13,14)6-16-9(18)8-5-19-10(17-8)7-1-3-15-4-2-7/h5,7,15H,1-4,6H2,(H,16,18). The molecule has 1 aromatic heterocycles. The van der Waals surface area contributed by atoms with Crippen LogP contribution in [0.5, 0.6) is 0 Å². The zero-order chi connectivity index (χ0) is 13.9. The first-order chi connectivity index (χ1) is 8.96. The third kappa shape index (κ3) is 3.95. The first-order valence-electron chi connectivity index (χ1n) is 5.97. The van der Waals surface area contributed by atoms with E-state index in [1.807, 2.05) is 0 Å². The van der Waals surface area contributed by atoms with Gasteiger partial charge in [0.15, 0.2) is 11.6 Å². The Morgan fingerprint density at radius 3 is 2.79 bits per heavy atom. The number of alkyl halides is 3. The Balaban J connectivity index is 1.94. The molecule has 1 aromatic rings. The highest BCUT2D eigenvalue weighted by molar-refractivity contribution is 5.91. The van der Waals surface area contributed by atoms with Gasteiger partial charge in [-0.1, -0.05) is 0 Å². The molecule has 106 valence electrons. The summed E-state index contributed by atoms with van der Waals surface area (Å²) in [5.41, 5.74) is -0.113. The molecule has 0 aromatic carbocycles. The van der Waals surface area contributed by atoms with Crippen molar-refractivity contribution in [2.24, 2.45) is 0 Å². The maximum Gasteiger partial charge on any atom is 0.405 e. The van der Waals surface area contributed by atoms with Gasteiger partial charge >= 0.3 is 6.18 Å². The van der Waals surface area contributed by atoms with Crippen molar-refractivity contribution in [3.63, 3.8) is 0 Å². The van der Waals surface area contributed by atoms with E-state index in [1.165, 1.54) is 0 Å². The summed E-state index contributed by atoms with van der Waals surface area (Å²) < 4.78 is 41.1. The summed E-state index contributed by atoms with van der Waals surface area (Å²) >= 11 is 0. The molecule has 0 spiro atoms. The van der Waals surface area contributed by atoms with Gasteiger partial charge in [0.1, 0.15) is 12.8 Å². The van der Waals surface area contributed by atoms with E-state index in [1.54, 1.807) is 5.32 Å². The maximum atomic E-state index is 12.0. The van der Waals surface area contributed by atoms with Crippen LogP contribution in [0.4, 0.5) is 13.2 Å². The number of aromatic nitrogens is 1. The third-order valence-electron chi connectivity index (χ3n) is 2.89. The van der Waals surface area contributed by atoms with Crippen molar-refractivity contribution in [3.8, 4) is 0 Å². The lowest BCUT2D eigenvalue weighted by Gasteiger charge is -2.19. The van der Waals surface area contributed by atoms with Crippen LogP contribution >= 0.6 is 0 Å². The first-order valence-corrected chi connectivity index (χ1v) is 5.97. The Morgan fingerprint density at radius 1 is 1.47 bits per heavy atom. The van der Waals surface area contributed by atoms with Crippen molar-refractivity contribution in [1.82, 2.24) is 15.6 Å². The van der Waals surface area contributed by atoms with Gasteiger partial charge in [0.2, 0.25) is 0 Å². The number of hydrogen-bond donors (Lipinski definition) is 2. The lowest BCUT2D eigenvalue weighted by molar-refractivity contribution is -0.123. The summed E-state index contributed by atoms with van der Waals surface area (Å²) in [4.78, 5) is 15.4. The van der Waals surface area contributed by atoms with Crippen LogP contribution in [0, 0.1) is 0 Å². The summed E-state index contributed by atoms with van der Waals surface area (Å²) in [6.45, 7) is 0.298. The minimum absolute atomic E-state index is 0.113. The minimum Gasteiger partial charge on any atom is -0.448 e. The van der Waals surface area contributed by atoms with Crippen LogP contribution in [0.3, 0.4) is 0 Å². The average Bonchev–Trinajstić information content (AvgIpc) is 2.86. The second-order valence-corrected chi connectivity index (χ2v) is 4.39. The van der Waals surface area contributed by atoms with Gasteiger partial charge in [-0.05, 0) is 25.9 Å². The number of hydrogen-bond acceptors (Lipinski definition) is 4. The van der Waals surface area contributed by atoms with Crippen molar-refractivity contribution in [2.45, 2.75) is 24.9 Å². The molecule has 1 aliphatic rings. The van der Waals surface area contributed by atoms with Gasteiger partial charge in [0.25, 0.3) is 5.91 Å². The highest BCUT2D eigenvalue weighted by Gasteiger charge is 2.29. The molecule has 0 bridgehead atoms. The Kier molecular flexibility index (Phi) is 4.08. The molecule has 1 amide bonds. The van der Waals surface area contributed by atoms with E-state index >= 15 is 0 Å². The lowest BCUT2D eigenvalue weighted by atomic mass is 9.98. The van der Waals surface area contributed by atoms with Gasteiger partial charge in [0, 0.05) is 5.92 Å². The van der Waals surface area contributed by atoms with Crippen molar-refractivity contribution in [2.75, 3.05) is 19.6 Å². The monoisotopic (exact) mass is 277 g/mol. The molecule has 0 unspecified atom stereocenters. The Labute approximate surface area is 107 Å². The lowest BCUT2D eigenvalue weighted by Crippen LogP contribution is -2.34. The van der Waals surface area contributed by atoms with Crippen molar-refractivity contribution in [3.05, 3.63) is 17.8 Å². The predicted octanol–water partition coefficient (Wildman–Crippen LogP) is 1.43. The molecule has 5 nitrogen and oxygen atoms in total. The molecule has 0 aliphatic carbocycles. The molecule has 2 heterocycles. The molecule has 0 saturated carbocycles. The van der Waals surface area contributed by atoms with E-state index in [9.17, 15) is 18.0 Å². The highest BCUT2D eigenvalue weighted by Crippen LogP contribution is 2.24. The normalized spacial score (nSPS) is 17.4. The number of nitrogens with one attached hydrogen (secondary N) is 2. The van der Waals surface area contributed by atoms with Gasteiger partial charge in [0.05, 0.1) is 0 Å². The van der Waals surface area contributed by atoms with Crippen LogP contribution in [0.25, 0.3) is 0 Å². The predicted molar refractivity (Wildman–Crippen MR) is 59.7 cm³/mol. The van der Waals surface area contributed by atoms with Crippen LogP contribution in [0.1, 0.15) is 35.1 Å². The molecule has 2 rings (SSSR count). The van der Waals surface area contributed by atoms with E-state index in [0.717, 1.165) is 32.2 Å². The Bertz CT molecular complexity index is 439. The summed E-state index contributed by atoms with van der Waals surface area (Å²) in [6, 6.07) is 0. The third-order valence-corrected chi connectivity index (χ3v) is 2.89. The van der Waals surface area contributed by atoms with E-state index in [0.29, 0.717) is 5.89 Å². The van der Waals surface area contributed by atoms with Crippen LogP contribution in [-0.4, -0.2) is 36.7 Å². The molecule has 8 heteroatoms. The summed E-state index contributed by atoms with van der Waals surface area (Å²) in [5.74, 6) is -0.342. The van der Waals surface area contributed by atoms with Crippen molar-refractivity contribution in [1.29, 1.82) is 0 Å². The van der Waals surface area contributed by atoms with Crippen LogP contribution in [0.15, 0.2) is 10.7 Å². The number of nitrogens with zero attached hydrogens (tertiary/aromatic N) is 1. The molecular weight excluding hydrogens is 263 g/mol. The fourth-order valence-corrected chi connectivity index (χ4v) is 1.92. The van der Waals surface area contributed by atoms with Gasteiger partial charge < -0.3 is 15.1 Å². The van der Waals surface area contributed by atoms with E-state index in [4.69, 9.17) is 4.42 Å². The summed E-state index contributed by atoms with van der Waals surface area (Å²) in [6.07, 6.45) is -1.66. The molecule has 0 atom stereocenters. The number of rotatable bonds is 3. The Hall–Kier alpha value is -1.57. The molecule has 1 saturated heterocycles. The molecule has 1 aliphatic heterocycles. The van der Waals surface area contributed by atoms with Crippen LogP contribution < -0.4 is 10.6 Å². The zero-order valence-corrected chi connectivity index (χ0v) is 10.1. The number of carbonyl (C=O) groups is 1. The number of piperidine rings is 1. The number of carbonyl (C=O) groups excluding carboxylic acids is 1. The van der Waals surface area contributed by atoms with Gasteiger partial charge in [-0.25, -0.2) is 4.98 Å². The van der Waals surface area contributed by atoms with Gasteiger partial charge in [-0.15, -0.1) is 0 Å². The smallest absolute Gasteiger partial charge is 0.405 e. The molecule has 19 heavy (non-hydrogen) atoms. The maximum absolute atomic E-state index is 12.0. The van der Waals surface area contributed by atoms with E-state index < -0.39 is 18.6 Å². The van der Waals surface area contributed by atoms with Crippen molar-refractivity contribution < 1.29 is 22.4 Å². The van der Waals surface area contributed by atoms with E-state index in [-0.39, 0.29) is 11.6 Å². The molecular formula is C11H14F3N3O2. The largest absolute Gasteiger partial charge is 0.448 e. The molecule has 1 fully saturated rings. The zero-order valence-electron chi connectivity index (χ0n) is 10.1. The SMILES string of the molecule is O=C(NCC(F)(F)F)c1coc(C2CCNCC2)n1. The van der Waals surface area contributed by atoms with E-state index in [2.05, 4.69) is 10.3 Å². The minimum atomic E-state index is -4.43. The molecule has 0 radical (unpaired) electrons. The fraction of sp³-hybridized carbons (Fsp3) is 0.636. The average molecular weight is 277 g/mol. The topological polar surface area (TPSA) is 67.2 Å². The summed E-state index contributed by atoms with van der Waals surface area (Å²) in [7, 11) is 0. The van der Waals surface area contributed by atoms with Crippen LogP contribution in [0.2, 0.25) is 0 Å². The number of halogens is 3. The van der Waals surface area contributed by atoms with Crippen molar-refractivity contribution >= 4 is 5.91 Å². The summed E-state index contributed by atoms with van der Waals surface area (Å²) in [5, 5.41) is 4.93. The van der Waals surface area contributed by atoms with Gasteiger partial charge in [-0.3, -0.25) is 4.79 Å². The fourth-order valence-electron chi connectivity index (χ4n) is 1.92. The quantitative estimate of drug-likeness (QED) is 0.877. The first kappa shape index (κ1) is 13.9. The van der Waals surface area contributed by atoms with Crippen LogP contribution in [-0.2, 0) is 0 Å². The van der Waals surface area contributed by atoms with Gasteiger partial charge in [-0.2, -0.15) is 13.2 Å². The molecule has 2 N–H and O–H groups in total. The second-order valence-electron chi connectivity index (χ2n) is 4.39.